The molecule has 0 fully saturated rings. The van der Waals surface area contributed by atoms with Crippen LogP contribution in [-0.4, -0.2) is 0 Å². The van der Waals surface area contributed by atoms with Gasteiger partial charge in [-0.05, 0) is 53.1 Å². The first-order valence-electron chi connectivity index (χ1n) is 7.81. The van der Waals surface area contributed by atoms with Gasteiger partial charge in [-0.1, -0.05) is 70.6 Å². The van der Waals surface area contributed by atoms with Gasteiger partial charge in [0.25, 0.3) is 0 Å². The quantitative estimate of drug-likeness (QED) is 0.595. The van der Waals surface area contributed by atoms with Crippen molar-refractivity contribution in [1.82, 2.24) is 0 Å². The lowest BCUT2D eigenvalue weighted by Crippen LogP contribution is -2.14. The second-order valence-corrected chi connectivity index (χ2v) is 7.73. The lowest BCUT2D eigenvalue weighted by Gasteiger charge is -2.23. The van der Waals surface area contributed by atoms with Crippen LogP contribution in [0.15, 0.2) is 58.3 Å². The maximum Gasteiger partial charge on any atom is 0.0122 e. The second kappa shape index (κ2) is 6.70. The summed E-state index contributed by atoms with van der Waals surface area (Å²) < 4.78 is 0. The van der Waals surface area contributed by atoms with E-state index in [0.717, 1.165) is 6.42 Å². The summed E-state index contributed by atoms with van der Waals surface area (Å²) in [6, 6.07) is 18.0. The van der Waals surface area contributed by atoms with Crippen LogP contribution in [0.3, 0.4) is 0 Å². The number of rotatable bonds is 5. The Morgan fingerprint density at radius 2 is 1.33 bits per heavy atom. The first-order valence-corrected chi connectivity index (χ1v) is 8.62. The number of hydrogen-bond donors (Lipinski definition) is 0. The molecule has 0 radical (unpaired) electrons. The molecule has 1 heteroatoms. The molecule has 0 N–H and O–H groups in total. The molecule has 2 aromatic carbocycles. The van der Waals surface area contributed by atoms with E-state index < -0.39 is 0 Å². The van der Waals surface area contributed by atoms with E-state index in [0.29, 0.717) is 5.92 Å². The molecule has 0 aliphatic carbocycles. The molecular weight excluding hydrogens is 272 g/mol. The molecule has 0 aliphatic rings. The van der Waals surface area contributed by atoms with Crippen molar-refractivity contribution in [2.75, 3.05) is 0 Å². The predicted octanol–water partition coefficient (Wildman–Crippen LogP) is 6.65. The van der Waals surface area contributed by atoms with E-state index in [4.69, 9.17) is 0 Å². The smallest absolute Gasteiger partial charge is 0.0122 e. The first kappa shape index (κ1) is 16.2. The molecule has 0 aromatic heterocycles. The number of benzene rings is 2. The Kier molecular flexibility index (Phi) is 5.16. The van der Waals surface area contributed by atoms with Crippen molar-refractivity contribution in [2.45, 2.75) is 62.2 Å². The second-order valence-electron chi connectivity index (χ2n) is 6.59. The van der Waals surface area contributed by atoms with Crippen LogP contribution in [0.1, 0.15) is 58.1 Å². The summed E-state index contributed by atoms with van der Waals surface area (Å²) >= 11 is 1.83. The minimum atomic E-state index is 0.266. The first-order chi connectivity index (χ1) is 9.92. The Balaban J connectivity index is 2.10. The maximum absolute atomic E-state index is 2.31. The third kappa shape index (κ3) is 4.14. The summed E-state index contributed by atoms with van der Waals surface area (Å²) in [6.07, 6.45) is 1.16. The van der Waals surface area contributed by atoms with Crippen LogP contribution in [0.25, 0.3) is 0 Å². The number of hydrogen-bond acceptors (Lipinski definition) is 1. The molecule has 0 bridgehead atoms. The maximum atomic E-state index is 2.31. The van der Waals surface area contributed by atoms with Gasteiger partial charge in [0.15, 0.2) is 0 Å². The summed E-state index contributed by atoms with van der Waals surface area (Å²) in [5.41, 5.74) is 3.09. The molecule has 0 nitrogen and oxygen atoms in total. The highest BCUT2D eigenvalue weighted by atomic mass is 32.2. The zero-order valence-corrected chi connectivity index (χ0v) is 14.6. The average molecular weight is 298 g/mol. The molecule has 0 unspecified atom stereocenters. The topological polar surface area (TPSA) is 0 Å². The molecule has 0 saturated heterocycles. The Morgan fingerprint density at radius 3 is 1.76 bits per heavy atom. The Morgan fingerprint density at radius 1 is 0.857 bits per heavy atom. The molecule has 0 amide bonds. The van der Waals surface area contributed by atoms with Crippen LogP contribution < -0.4 is 0 Å². The highest BCUT2D eigenvalue weighted by Gasteiger charge is 2.17. The fraction of sp³-hybridized carbons (Fsp3) is 0.400. The lowest BCUT2D eigenvalue weighted by molar-refractivity contribution is 0.506. The normalized spacial score (nSPS) is 11.9. The molecule has 0 atom stereocenters. The standard InChI is InChI=1S/C20H26S/c1-6-20(4,5)17-9-13-19(14-10-17)21-18-11-7-16(8-12-18)15(2)3/h7-15H,6H2,1-5H3. The van der Waals surface area contributed by atoms with Crippen molar-refractivity contribution in [1.29, 1.82) is 0 Å². The van der Waals surface area contributed by atoms with Gasteiger partial charge in [-0.3, -0.25) is 0 Å². The Hall–Kier alpha value is -1.21. The zero-order valence-electron chi connectivity index (χ0n) is 13.8. The van der Waals surface area contributed by atoms with Gasteiger partial charge in [0.1, 0.15) is 0 Å². The molecule has 2 aromatic rings. The van der Waals surface area contributed by atoms with Crippen LogP contribution >= 0.6 is 11.8 Å². The molecule has 0 spiro atoms. The summed E-state index contributed by atoms with van der Waals surface area (Å²) in [7, 11) is 0. The van der Waals surface area contributed by atoms with Gasteiger partial charge < -0.3 is 0 Å². The fourth-order valence-corrected chi connectivity index (χ4v) is 3.05. The van der Waals surface area contributed by atoms with Gasteiger partial charge >= 0.3 is 0 Å². The minimum Gasteiger partial charge on any atom is -0.0901 e. The average Bonchev–Trinajstić information content (AvgIpc) is 2.48. The fourth-order valence-electron chi connectivity index (χ4n) is 2.24. The highest BCUT2D eigenvalue weighted by Crippen LogP contribution is 2.32. The Bertz CT molecular complexity index is 562. The van der Waals surface area contributed by atoms with E-state index in [-0.39, 0.29) is 5.41 Å². The van der Waals surface area contributed by atoms with Crippen LogP contribution in [0.4, 0.5) is 0 Å². The monoisotopic (exact) mass is 298 g/mol. The summed E-state index contributed by atoms with van der Waals surface area (Å²) in [6.45, 7) is 11.3. The van der Waals surface area contributed by atoms with Crippen molar-refractivity contribution in [3.05, 3.63) is 59.7 Å². The van der Waals surface area contributed by atoms with Crippen molar-refractivity contribution >= 4 is 11.8 Å². The van der Waals surface area contributed by atoms with E-state index in [9.17, 15) is 0 Å². The summed E-state index contributed by atoms with van der Waals surface area (Å²) in [5, 5.41) is 0. The van der Waals surface area contributed by atoms with Crippen molar-refractivity contribution in [2.24, 2.45) is 0 Å². The van der Waals surface area contributed by atoms with E-state index in [1.807, 2.05) is 11.8 Å². The van der Waals surface area contributed by atoms with Crippen LogP contribution in [0.5, 0.6) is 0 Å². The van der Waals surface area contributed by atoms with Gasteiger partial charge in [0.05, 0.1) is 0 Å². The Labute approximate surface area is 134 Å². The van der Waals surface area contributed by atoms with E-state index in [2.05, 4.69) is 83.1 Å². The largest absolute Gasteiger partial charge is 0.0901 e. The third-order valence-electron chi connectivity index (χ3n) is 4.30. The van der Waals surface area contributed by atoms with Crippen molar-refractivity contribution in [3.8, 4) is 0 Å². The van der Waals surface area contributed by atoms with Crippen LogP contribution in [0, 0.1) is 0 Å². The van der Waals surface area contributed by atoms with Gasteiger partial charge in [0, 0.05) is 9.79 Å². The van der Waals surface area contributed by atoms with Crippen molar-refractivity contribution < 1.29 is 0 Å². The predicted molar refractivity (Wildman–Crippen MR) is 94.4 cm³/mol. The van der Waals surface area contributed by atoms with Crippen LogP contribution in [0.2, 0.25) is 0 Å². The molecule has 112 valence electrons. The van der Waals surface area contributed by atoms with Crippen LogP contribution in [-0.2, 0) is 5.41 Å². The molecular formula is C20H26S. The molecule has 0 heterocycles. The van der Waals surface area contributed by atoms with E-state index >= 15 is 0 Å². The van der Waals surface area contributed by atoms with Gasteiger partial charge in [-0.15, -0.1) is 0 Å². The van der Waals surface area contributed by atoms with Crippen molar-refractivity contribution in [3.63, 3.8) is 0 Å². The van der Waals surface area contributed by atoms with E-state index in [1.165, 1.54) is 20.9 Å². The molecule has 0 aliphatic heterocycles. The van der Waals surface area contributed by atoms with Gasteiger partial charge in [0.2, 0.25) is 0 Å². The van der Waals surface area contributed by atoms with Gasteiger partial charge in [-0.2, -0.15) is 0 Å². The molecule has 2 rings (SSSR count). The van der Waals surface area contributed by atoms with E-state index in [1.54, 1.807) is 0 Å². The van der Waals surface area contributed by atoms with Gasteiger partial charge in [-0.25, -0.2) is 0 Å². The third-order valence-corrected chi connectivity index (χ3v) is 5.32. The highest BCUT2D eigenvalue weighted by molar-refractivity contribution is 7.99. The minimum absolute atomic E-state index is 0.266. The molecule has 0 saturated carbocycles. The lowest BCUT2D eigenvalue weighted by atomic mass is 9.82. The summed E-state index contributed by atoms with van der Waals surface area (Å²) in [4.78, 5) is 2.62. The zero-order chi connectivity index (χ0) is 15.5. The SMILES string of the molecule is CCC(C)(C)c1ccc(Sc2ccc(C(C)C)cc2)cc1. The summed E-state index contributed by atoms with van der Waals surface area (Å²) in [5.74, 6) is 0.597. The molecule has 21 heavy (non-hydrogen) atoms.